The number of nitrogens with one attached hydrogen (secondary N) is 2. The Morgan fingerprint density at radius 2 is 1.68 bits per heavy atom. The van der Waals surface area contributed by atoms with Crippen LogP contribution in [-0.4, -0.2) is 28.8 Å². The van der Waals surface area contributed by atoms with Crippen LogP contribution in [0.5, 0.6) is 0 Å². The highest BCUT2D eigenvalue weighted by Gasteiger charge is 2.64. The van der Waals surface area contributed by atoms with Crippen LogP contribution in [0.3, 0.4) is 0 Å². The topological polar surface area (TPSA) is 105 Å². The second-order valence-electron chi connectivity index (χ2n) is 10.2. The van der Waals surface area contributed by atoms with Gasteiger partial charge in [-0.05, 0) is 48.4 Å². The normalized spacial score (nSPS) is 23.1. The van der Waals surface area contributed by atoms with E-state index in [1.54, 1.807) is 30.0 Å². The monoisotopic (exact) mass is 550 g/mol. The molecule has 4 heterocycles. The van der Waals surface area contributed by atoms with E-state index in [-0.39, 0.29) is 24.0 Å². The zero-order valence-corrected chi connectivity index (χ0v) is 22.1. The molecule has 0 radical (unpaired) electrons. The molecule has 1 saturated heterocycles. The number of aromatic nitrogens is 1. The smallest absolute Gasteiger partial charge is 0.255 e. The van der Waals surface area contributed by atoms with Gasteiger partial charge >= 0.3 is 0 Å². The maximum Gasteiger partial charge on any atom is 0.255 e. The van der Waals surface area contributed by atoms with Crippen LogP contribution >= 0.6 is 11.6 Å². The molecule has 0 bridgehead atoms. The number of benzene rings is 3. The molecule has 3 unspecified atom stereocenters. The number of amides is 2. The van der Waals surface area contributed by atoms with Crippen LogP contribution < -0.4 is 15.5 Å². The lowest BCUT2D eigenvalue weighted by molar-refractivity contribution is -0.124. The predicted octanol–water partition coefficient (Wildman–Crippen LogP) is 5.54. The number of hydrogen-bond donors (Lipinski definition) is 2. The van der Waals surface area contributed by atoms with Gasteiger partial charge in [0.05, 0.1) is 5.92 Å². The first-order chi connectivity index (χ1) is 19.4. The first-order valence-corrected chi connectivity index (χ1v) is 13.3. The van der Waals surface area contributed by atoms with E-state index in [2.05, 4.69) is 15.8 Å². The highest BCUT2D eigenvalue weighted by molar-refractivity contribution is 6.30. The Kier molecular flexibility index (Phi) is 5.43. The van der Waals surface area contributed by atoms with Crippen LogP contribution in [0.4, 0.5) is 17.1 Å². The lowest BCUT2D eigenvalue weighted by atomic mass is 9.87. The number of nitrogens with zero attached hydrogens (tertiary/aromatic N) is 2. The molecule has 198 valence electrons. The van der Waals surface area contributed by atoms with Gasteiger partial charge < -0.3 is 20.1 Å². The van der Waals surface area contributed by atoms with Crippen molar-refractivity contribution in [1.29, 1.82) is 0 Å². The summed E-state index contributed by atoms with van der Waals surface area (Å²) < 4.78 is 5.77. The third-order valence-electron chi connectivity index (χ3n) is 7.99. The largest absolute Gasteiger partial charge is 0.354 e. The Hall–Kier alpha value is -4.69. The number of aryl methyl sites for hydroxylation is 1. The zero-order chi connectivity index (χ0) is 27.6. The third-order valence-corrected chi connectivity index (χ3v) is 8.24. The molecule has 9 heteroatoms. The van der Waals surface area contributed by atoms with E-state index in [0.717, 1.165) is 5.56 Å². The summed E-state index contributed by atoms with van der Waals surface area (Å²) in [6.45, 7) is 1.77. The van der Waals surface area contributed by atoms with Gasteiger partial charge in [0.15, 0.2) is 17.1 Å². The van der Waals surface area contributed by atoms with Gasteiger partial charge in [0, 0.05) is 28.4 Å². The van der Waals surface area contributed by atoms with E-state index < -0.39 is 17.5 Å². The van der Waals surface area contributed by atoms with Gasteiger partial charge in [0.2, 0.25) is 5.91 Å². The molecule has 8 nitrogen and oxygen atoms in total. The Labute approximate surface area is 234 Å². The van der Waals surface area contributed by atoms with E-state index in [1.165, 1.54) is 0 Å². The molecule has 1 fully saturated rings. The number of hydrogen-bond acceptors (Lipinski definition) is 6. The molecular weight excluding hydrogens is 528 g/mol. The second-order valence-corrected chi connectivity index (χ2v) is 10.7. The number of rotatable bonds is 4. The van der Waals surface area contributed by atoms with Crippen LogP contribution in [0.1, 0.15) is 40.5 Å². The molecule has 40 heavy (non-hydrogen) atoms. The Morgan fingerprint density at radius 3 is 2.48 bits per heavy atom. The molecule has 0 saturated carbocycles. The summed E-state index contributed by atoms with van der Waals surface area (Å²) >= 11 is 6.05. The maximum absolute atomic E-state index is 14.1. The fourth-order valence-electron chi connectivity index (χ4n) is 6.28. The summed E-state index contributed by atoms with van der Waals surface area (Å²) in [4.78, 5) is 43.3. The average molecular weight is 551 g/mol. The number of Topliss-reactive ketones (excluding diaryl/α,β-unsaturated/α-hetero) is 1. The number of carbonyl (C=O) groups excluding carboxylic acids is 3. The van der Waals surface area contributed by atoms with Crippen molar-refractivity contribution < 1.29 is 18.9 Å². The Morgan fingerprint density at radius 1 is 0.950 bits per heavy atom. The van der Waals surface area contributed by atoms with Gasteiger partial charge in [-0.1, -0.05) is 71.4 Å². The van der Waals surface area contributed by atoms with Gasteiger partial charge in [-0.15, -0.1) is 0 Å². The van der Waals surface area contributed by atoms with Crippen LogP contribution in [0.2, 0.25) is 5.02 Å². The molecule has 1 aromatic heterocycles. The van der Waals surface area contributed by atoms with E-state index in [1.807, 2.05) is 66.7 Å². The number of ketones is 1. The molecule has 2 N–H and O–H groups in total. The minimum atomic E-state index is -1.38. The first kappa shape index (κ1) is 24.4. The van der Waals surface area contributed by atoms with Crippen LogP contribution in [0.25, 0.3) is 12.2 Å². The van der Waals surface area contributed by atoms with Crippen molar-refractivity contribution in [3.63, 3.8) is 0 Å². The molecule has 3 aliphatic rings. The lowest BCUT2D eigenvalue weighted by Gasteiger charge is -2.39. The SMILES string of the molecule is Cc1noc(/C=C/c2ccc(Cl)cc2)c1N1C(C2C(=O)Nc3ccccc32)C(=O)CC12C(=O)Nc1ccccc12. The lowest BCUT2D eigenvalue weighted by Crippen LogP contribution is -2.53. The fraction of sp³-hybridized carbons (Fsp3) is 0.161. The van der Waals surface area contributed by atoms with E-state index >= 15 is 0 Å². The summed E-state index contributed by atoms with van der Waals surface area (Å²) in [5.41, 5.74) is 3.17. The van der Waals surface area contributed by atoms with E-state index in [9.17, 15) is 14.4 Å². The van der Waals surface area contributed by atoms with Gasteiger partial charge in [0.25, 0.3) is 5.91 Å². The van der Waals surface area contributed by atoms with Crippen molar-refractivity contribution in [2.24, 2.45) is 0 Å². The number of halogens is 1. The molecule has 3 atom stereocenters. The van der Waals surface area contributed by atoms with Crippen molar-refractivity contribution in [3.8, 4) is 0 Å². The standard InChI is InChI=1S/C31H23ClN4O4/c1-17-27(25(40-35-17)15-12-18-10-13-19(32)14-11-18)36-28(26-20-6-2-4-8-22(20)33-29(26)38)24(37)16-31(36)21-7-3-5-9-23(21)34-30(31)39/h2-15,26,28H,16H2,1H3,(H,33,38)(H,34,39)/b15-12+. The van der Waals surface area contributed by atoms with Crippen molar-refractivity contribution >= 4 is 58.4 Å². The number of para-hydroxylation sites is 2. The molecule has 7 rings (SSSR count). The summed E-state index contributed by atoms with van der Waals surface area (Å²) in [5, 5.41) is 10.7. The number of carbonyl (C=O) groups is 3. The maximum atomic E-state index is 14.1. The second kappa shape index (κ2) is 8.93. The van der Waals surface area contributed by atoms with Crippen LogP contribution in [-0.2, 0) is 19.9 Å². The van der Waals surface area contributed by atoms with Crippen LogP contribution in [0, 0.1) is 6.92 Å². The molecule has 3 aliphatic heterocycles. The molecule has 2 amide bonds. The minimum absolute atomic E-state index is 0.0998. The molecule has 4 aromatic rings. The van der Waals surface area contributed by atoms with Gasteiger partial charge in [0.1, 0.15) is 17.4 Å². The highest BCUT2D eigenvalue weighted by atomic mass is 35.5. The summed E-state index contributed by atoms with van der Waals surface area (Å²) in [6, 6.07) is 21.0. The molecule has 0 aliphatic carbocycles. The van der Waals surface area contributed by atoms with Crippen molar-refractivity contribution in [2.75, 3.05) is 15.5 Å². The van der Waals surface area contributed by atoms with Crippen molar-refractivity contribution in [3.05, 3.63) is 106 Å². The Balaban J connectivity index is 1.44. The van der Waals surface area contributed by atoms with Crippen LogP contribution in [0.15, 0.2) is 77.3 Å². The molecule has 1 spiro atoms. The quantitative estimate of drug-likeness (QED) is 0.346. The molecular formula is C31H23ClN4O4. The summed E-state index contributed by atoms with van der Waals surface area (Å²) in [7, 11) is 0. The van der Waals surface area contributed by atoms with Gasteiger partial charge in [-0.2, -0.15) is 0 Å². The van der Waals surface area contributed by atoms with Gasteiger partial charge in [-0.25, -0.2) is 0 Å². The van der Waals surface area contributed by atoms with Crippen molar-refractivity contribution in [2.45, 2.75) is 30.8 Å². The zero-order valence-electron chi connectivity index (χ0n) is 21.4. The minimum Gasteiger partial charge on any atom is -0.354 e. The number of anilines is 3. The van der Waals surface area contributed by atoms with Gasteiger partial charge in [-0.3, -0.25) is 14.4 Å². The van der Waals surface area contributed by atoms with Crippen molar-refractivity contribution in [1.82, 2.24) is 5.16 Å². The Bertz CT molecular complexity index is 1740. The fourth-order valence-corrected chi connectivity index (χ4v) is 6.41. The average Bonchev–Trinajstić information content (AvgIpc) is 3.64. The van der Waals surface area contributed by atoms with E-state index in [0.29, 0.717) is 44.7 Å². The molecule has 3 aromatic carbocycles. The summed E-state index contributed by atoms with van der Waals surface area (Å²) in [5.74, 6) is -1.29. The summed E-state index contributed by atoms with van der Waals surface area (Å²) in [6.07, 6.45) is 3.50. The van der Waals surface area contributed by atoms with E-state index in [4.69, 9.17) is 16.1 Å². The number of fused-ring (bicyclic) bond motifs is 3. The predicted molar refractivity (Wildman–Crippen MR) is 152 cm³/mol. The first-order valence-electron chi connectivity index (χ1n) is 12.9. The highest BCUT2D eigenvalue weighted by Crippen LogP contribution is 2.55. The third kappa shape index (κ3) is 3.46.